The van der Waals surface area contributed by atoms with E-state index in [1.54, 1.807) is 17.7 Å². The van der Waals surface area contributed by atoms with E-state index in [2.05, 4.69) is 14.9 Å². The SMILES string of the molecule is Cc1ccc(C(=O)N2C3CCC2c2cncnc2C3)s1. The highest BCUT2D eigenvalue weighted by Crippen LogP contribution is 2.43. The van der Waals surface area contributed by atoms with Gasteiger partial charge in [-0.15, -0.1) is 11.3 Å². The number of amides is 1. The van der Waals surface area contributed by atoms with Crippen molar-refractivity contribution in [2.24, 2.45) is 0 Å². The zero-order chi connectivity index (χ0) is 13.7. The van der Waals surface area contributed by atoms with E-state index in [9.17, 15) is 4.79 Å². The van der Waals surface area contributed by atoms with Gasteiger partial charge in [0.05, 0.1) is 16.6 Å². The van der Waals surface area contributed by atoms with E-state index in [1.165, 1.54) is 4.88 Å². The van der Waals surface area contributed by atoms with Crippen LogP contribution in [0.4, 0.5) is 0 Å². The lowest BCUT2D eigenvalue weighted by Crippen LogP contribution is -2.42. The minimum Gasteiger partial charge on any atom is -0.327 e. The topological polar surface area (TPSA) is 46.1 Å². The third-order valence-electron chi connectivity index (χ3n) is 4.30. The Labute approximate surface area is 121 Å². The van der Waals surface area contributed by atoms with Gasteiger partial charge in [-0.25, -0.2) is 9.97 Å². The highest BCUT2D eigenvalue weighted by atomic mass is 32.1. The fraction of sp³-hybridized carbons (Fsp3) is 0.400. The van der Waals surface area contributed by atoms with E-state index in [0.29, 0.717) is 6.04 Å². The van der Waals surface area contributed by atoms with Crippen LogP contribution in [0.15, 0.2) is 24.7 Å². The van der Waals surface area contributed by atoms with Gasteiger partial charge in [0.1, 0.15) is 6.33 Å². The van der Waals surface area contributed by atoms with Crippen LogP contribution >= 0.6 is 11.3 Å². The second-order valence-electron chi connectivity index (χ2n) is 5.50. The number of carbonyl (C=O) groups is 1. The number of aromatic nitrogens is 2. The van der Waals surface area contributed by atoms with Gasteiger partial charge in [-0.1, -0.05) is 0 Å². The standard InChI is InChI=1S/C15H15N3OS/c1-9-2-5-14(20-9)15(19)18-10-3-4-13(18)11-7-16-8-17-12(11)6-10/h2,5,7-8,10,13H,3-4,6H2,1H3. The maximum Gasteiger partial charge on any atom is 0.264 e. The van der Waals surface area contributed by atoms with Crippen LogP contribution in [-0.4, -0.2) is 26.8 Å². The van der Waals surface area contributed by atoms with E-state index in [4.69, 9.17) is 0 Å². The van der Waals surface area contributed by atoms with Crippen LogP contribution in [-0.2, 0) is 6.42 Å². The first kappa shape index (κ1) is 12.0. The highest BCUT2D eigenvalue weighted by molar-refractivity contribution is 7.13. The van der Waals surface area contributed by atoms with Gasteiger partial charge in [0.15, 0.2) is 0 Å². The van der Waals surface area contributed by atoms with Crippen LogP contribution in [0, 0.1) is 6.92 Å². The largest absolute Gasteiger partial charge is 0.327 e. The summed E-state index contributed by atoms with van der Waals surface area (Å²) in [4.78, 5) is 25.4. The minimum absolute atomic E-state index is 0.167. The van der Waals surface area contributed by atoms with E-state index >= 15 is 0 Å². The number of rotatable bonds is 1. The maximum atomic E-state index is 12.8. The molecule has 0 aromatic carbocycles. The lowest BCUT2D eigenvalue weighted by Gasteiger charge is -2.35. The Bertz CT molecular complexity index is 681. The van der Waals surface area contributed by atoms with Gasteiger partial charge in [0, 0.05) is 29.1 Å². The number of fused-ring (bicyclic) bond motifs is 4. The van der Waals surface area contributed by atoms with E-state index in [1.807, 2.05) is 25.3 Å². The molecule has 0 aliphatic carbocycles. The molecule has 2 aliphatic heterocycles. The van der Waals surface area contributed by atoms with E-state index < -0.39 is 0 Å². The molecule has 2 aromatic heterocycles. The van der Waals surface area contributed by atoms with E-state index in [0.717, 1.165) is 35.4 Å². The molecule has 1 fully saturated rings. The van der Waals surface area contributed by atoms with Crippen molar-refractivity contribution in [2.75, 3.05) is 0 Å². The monoisotopic (exact) mass is 285 g/mol. The van der Waals surface area contributed by atoms with Crippen molar-refractivity contribution in [3.63, 3.8) is 0 Å². The summed E-state index contributed by atoms with van der Waals surface area (Å²) in [6.45, 7) is 2.04. The molecule has 0 N–H and O–H groups in total. The van der Waals surface area contributed by atoms with Crippen molar-refractivity contribution in [1.29, 1.82) is 0 Å². The van der Waals surface area contributed by atoms with Gasteiger partial charge < -0.3 is 4.90 Å². The molecule has 0 spiro atoms. The summed E-state index contributed by atoms with van der Waals surface area (Å²) < 4.78 is 0. The summed E-state index contributed by atoms with van der Waals surface area (Å²) >= 11 is 1.58. The molecular formula is C15H15N3OS. The predicted octanol–water partition coefficient (Wildman–Crippen LogP) is 2.75. The first-order valence-corrected chi connectivity index (χ1v) is 7.73. The summed E-state index contributed by atoms with van der Waals surface area (Å²) in [5.41, 5.74) is 2.27. The smallest absolute Gasteiger partial charge is 0.264 e. The first-order chi connectivity index (χ1) is 9.74. The molecule has 1 saturated heterocycles. The Morgan fingerprint density at radius 3 is 3.10 bits per heavy atom. The van der Waals surface area contributed by atoms with Gasteiger partial charge in [0.25, 0.3) is 5.91 Å². The second-order valence-corrected chi connectivity index (χ2v) is 6.79. The normalized spacial score (nSPS) is 23.8. The number of thiophene rings is 1. The van der Waals surface area contributed by atoms with Gasteiger partial charge in [0.2, 0.25) is 0 Å². The summed E-state index contributed by atoms with van der Waals surface area (Å²) in [7, 11) is 0. The van der Waals surface area contributed by atoms with Gasteiger partial charge in [-0.2, -0.15) is 0 Å². The zero-order valence-electron chi connectivity index (χ0n) is 11.2. The molecule has 4 heterocycles. The molecule has 0 radical (unpaired) electrons. The Balaban J connectivity index is 1.73. The maximum absolute atomic E-state index is 12.8. The molecule has 0 saturated carbocycles. The molecule has 20 heavy (non-hydrogen) atoms. The fourth-order valence-corrected chi connectivity index (χ4v) is 4.22. The number of hydrogen-bond donors (Lipinski definition) is 0. The third kappa shape index (κ3) is 1.69. The van der Waals surface area contributed by atoms with Crippen LogP contribution in [0.2, 0.25) is 0 Å². The number of carbonyl (C=O) groups excluding carboxylic acids is 1. The molecule has 4 nitrogen and oxygen atoms in total. The van der Waals surface area contributed by atoms with Crippen molar-refractivity contribution >= 4 is 17.2 Å². The lowest BCUT2D eigenvalue weighted by atomic mass is 9.99. The second kappa shape index (κ2) is 4.38. The molecule has 1 amide bonds. The van der Waals surface area contributed by atoms with Gasteiger partial charge in [-0.3, -0.25) is 4.79 Å². The van der Waals surface area contributed by atoms with Gasteiger partial charge in [-0.05, 0) is 31.9 Å². The Morgan fingerprint density at radius 1 is 1.40 bits per heavy atom. The molecule has 102 valence electrons. The first-order valence-electron chi connectivity index (χ1n) is 6.92. The number of nitrogens with zero attached hydrogens (tertiary/aromatic N) is 3. The number of hydrogen-bond acceptors (Lipinski definition) is 4. The van der Waals surface area contributed by atoms with Gasteiger partial charge >= 0.3 is 0 Å². The Hall–Kier alpha value is -1.75. The Kier molecular flexibility index (Phi) is 2.63. The molecular weight excluding hydrogens is 270 g/mol. The molecule has 2 aromatic rings. The molecule has 5 heteroatoms. The molecule has 2 bridgehead atoms. The average Bonchev–Trinajstić information content (AvgIpc) is 3.02. The Morgan fingerprint density at radius 2 is 2.30 bits per heavy atom. The summed E-state index contributed by atoms with van der Waals surface area (Å²) in [6.07, 6.45) is 6.45. The minimum atomic E-state index is 0.167. The van der Waals surface area contributed by atoms with Crippen molar-refractivity contribution in [3.05, 3.63) is 45.7 Å². The van der Waals surface area contributed by atoms with Crippen molar-refractivity contribution < 1.29 is 4.79 Å². The molecule has 2 atom stereocenters. The summed E-state index contributed by atoms with van der Waals surface area (Å²) in [5.74, 6) is 0.171. The molecule has 2 unspecified atom stereocenters. The lowest BCUT2D eigenvalue weighted by molar-refractivity contribution is 0.0649. The predicted molar refractivity (Wildman–Crippen MR) is 76.7 cm³/mol. The van der Waals surface area contributed by atoms with Crippen molar-refractivity contribution in [2.45, 2.75) is 38.3 Å². The van der Waals surface area contributed by atoms with Crippen LogP contribution in [0.25, 0.3) is 0 Å². The average molecular weight is 285 g/mol. The summed E-state index contributed by atoms with van der Waals surface area (Å²) in [6, 6.07) is 4.43. The van der Waals surface area contributed by atoms with Crippen LogP contribution in [0.3, 0.4) is 0 Å². The molecule has 4 rings (SSSR count). The number of aryl methyl sites for hydroxylation is 1. The fourth-order valence-electron chi connectivity index (χ4n) is 3.41. The quantitative estimate of drug-likeness (QED) is 0.809. The van der Waals surface area contributed by atoms with Crippen molar-refractivity contribution in [3.8, 4) is 0 Å². The van der Waals surface area contributed by atoms with E-state index in [-0.39, 0.29) is 11.9 Å². The van der Waals surface area contributed by atoms with Crippen LogP contribution in [0.1, 0.15) is 44.7 Å². The van der Waals surface area contributed by atoms with Crippen molar-refractivity contribution in [1.82, 2.24) is 14.9 Å². The highest BCUT2D eigenvalue weighted by Gasteiger charge is 2.43. The third-order valence-corrected chi connectivity index (χ3v) is 5.29. The van der Waals surface area contributed by atoms with Crippen LogP contribution in [0.5, 0.6) is 0 Å². The zero-order valence-corrected chi connectivity index (χ0v) is 12.1. The summed E-state index contributed by atoms with van der Waals surface area (Å²) in [5, 5.41) is 0. The molecule has 2 aliphatic rings. The van der Waals surface area contributed by atoms with Crippen LogP contribution < -0.4 is 0 Å².